The molecule has 0 aromatic heterocycles. The molecular weight excluding hydrogens is 194 g/mol. The number of carbonyl (C=O) groups is 2. The van der Waals surface area contributed by atoms with E-state index in [1.807, 2.05) is 0 Å². The van der Waals surface area contributed by atoms with Crippen molar-refractivity contribution in [1.82, 2.24) is 9.80 Å². The lowest BCUT2D eigenvalue weighted by Gasteiger charge is -2.31. The first kappa shape index (κ1) is 12.0. The topological polar surface area (TPSA) is 66.6 Å². The highest BCUT2D eigenvalue weighted by atomic mass is 16.2. The molecule has 1 heterocycles. The molecule has 15 heavy (non-hydrogen) atoms. The highest BCUT2D eigenvalue weighted by Gasteiger charge is 2.22. The van der Waals surface area contributed by atoms with Crippen LogP contribution in [0.15, 0.2) is 0 Å². The van der Waals surface area contributed by atoms with Gasteiger partial charge in [-0.15, -0.1) is 0 Å². The van der Waals surface area contributed by atoms with Gasteiger partial charge in [0.2, 0.25) is 0 Å². The lowest BCUT2D eigenvalue weighted by Crippen LogP contribution is -2.42. The molecule has 0 aromatic rings. The van der Waals surface area contributed by atoms with Gasteiger partial charge in [-0.1, -0.05) is 0 Å². The third-order valence-electron chi connectivity index (χ3n) is 2.93. The molecule has 5 heteroatoms. The predicted molar refractivity (Wildman–Crippen MR) is 57.1 cm³/mol. The number of hydrogen-bond acceptors (Lipinski definition) is 3. The van der Waals surface area contributed by atoms with Crippen LogP contribution in [-0.2, 0) is 9.59 Å². The van der Waals surface area contributed by atoms with Gasteiger partial charge in [0.25, 0.3) is 0 Å². The summed E-state index contributed by atoms with van der Waals surface area (Å²) in [5, 5.41) is 0. The molecule has 2 amide bonds. The smallest absolute Gasteiger partial charge is 0.311 e. The molecule has 0 aromatic carbocycles. The molecular formula is C10H19N3O2. The van der Waals surface area contributed by atoms with Crippen LogP contribution in [0.25, 0.3) is 0 Å². The number of amides is 2. The van der Waals surface area contributed by atoms with Crippen molar-refractivity contribution in [2.24, 2.45) is 11.7 Å². The molecule has 1 rings (SSSR count). The Hall–Kier alpha value is -1.10. The van der Waals surface area contributed by atoms with Gasteiger partial charge in [-0.05, 0) is 38.9 Å². The SMILES string of the molecule is CN1CCC(CN(C)C(=O)C(N)=O)CC1. The summed E-state index contributed by atoms with van der Waals surface area (Å²) in [7, 11) is 3.72. The Balaban J connectivity index is 2.35. The zero-order valence-corrected chi connectivity index (χ0v) is 9.40. The maximum absolute atomic E-state index is 11.2. The van der Waals surface area contributed by atoms with Crippen molar-refractivity contribution in [2.75, 3.05) is 33.7 Å². The molecule has 1 saturated heterocycles. The van der Waals surface area contributed by atoms with Crippen LogP contribution in [-0.4, -0.2) is 55.3 Å². The number of piperidine rings is 1. The number of nitrogens with zero attached hydrogens (tertiary/aromatic N) is 2. The number of nitrogens with two attached hydrogens (primary N) is 1. The molecule has 2 N–H and O–H groups in total. The molecule has 0 atom stereocenters. The van der Waals surface area contributed by atoms with Gasteiger partial charge >= 0.3 is 11.8 Å². The van der Waals surface area contributed by atoms with E-state index in [9.17, 15) is 9.59 Å². The van der Waals surface area contributed by atoms with Crippen molar-refractivity contribution in [3.05, 3.63) is 0 Å². The number of primary amides is 1. The Labute approximate surface area is 90.2 Å². The normalized spacial score (nSPS) is 18.8. The minimum atomic E-state index is -0.870. The second-order valence-corrected chi connectivity index (χ2v) is 4.30. The lowest BCUT2D eigenvalue weighted by molar-refractivity contribution is -0.143. The molecule has 0 saturated carbocycles. The Morgan fingerprint density at radius 3 is 2.40 bits per heavy atom. The van der Waals surface area contributed by atoms with E-state index in [-0.39, 0.29) is 0 Å². The fraction of sp³-hybridized carbons (Fsp3) is 0.800. The van der Waals surface area contributed by atoms with E-state index in [2.05, 4.69) is 11.9 Å². The summed E-state index contributed by atoms with van der Waals surface area (Å²) in [5.41, 5.74) is 4.93. The van der Waals surface area contributed by atoms with E-state index in [0.717, 1.165) is 25.9 Å². The van der Waals surface area contributed by atoms with Gasteiger partial charge < -0.3 is 15.5 Å². The molecule has 0 spiro atoms. The van der Waals surface area contributed by atoms with Gasteiger partial charge in [0.15, 0.2) is 0 Å². The van der Waals surface area contributed by atoms with Crippen LogP contribution in [0.5, 0.6) is 0 Å². The predicted octanol–water partition coefficient (Wildman–Crippen LogP) is -0.728. The van der Waals surface area contributed by atoms with Gasteiger partial charge in [-0.25, -0.2) is 0 Å². The Bertz CT molecular complexity index is 247. The van der Waals surface area contributed by atoms with Gasteiger partial charge in [-0.2, -0.15) is 0 Å². The average molecular weight is 213 g/mol. The summed E-state index contributed by atoms with van der Waals surface area (Å²) in [6.45, 7) is 2.75. The second kappa shape index (κ2) is 5.11. The van der Waals surface area contributed by atoms with Crippen LogP contribution < -0.4 is 5.73 Å². The summed E-state index contributed by atoms with van der Waals surface area (Å²) in [4.78, 5) is 25.6. The maximum atomic E-state index is 11.2. The first-order valence-corrected chi connectivity index (χ1v) is 5.24. The van der Waals surface area contributed by atoms with Crippen LogP contribution >= 0.6 is 0 Å². The molecule has 0 radical (unpaired) electrons. The second-order valence-electron chi connectivity index (χ2n) is 4.30. The van der Waals surface area contributed by atoms with E-state index in [4.69, 9.17) is 5.73 Å². The largest absolute Gasteiger partial charge is 0.361 e. The monoisotopic (exact) mass is 213 g/mol. The zero-order valence-electron chi connectivity index (χ0n) is 9.40. The van der Waals surface area contributed by atoms with E-state index in [0.29, 0.717) is 12.5 Å². The molecule has 86 valence electrons. The van der Waals surface area contributed by atoms with Crippen molar-refractivity contribution in [1.29, 1.82) is 0 Å². The van der Waals surface area contributed by atoms with E-state index in [1.54, 1.807) is 7.05 Å². The van der Waals surface area contributed by atoms with E-state index in [1.165, 1.54) is 4.90 Å². The molecule has 5 nitrogen and oxygen atoms in total. The van der Waals surface area contributed by atoms with Gasteiger partial charge in [-0.3, -0.25) is 9.59 Å². The first-order valence-electron chi connectivity index (χ1n) is 5.24. The van der Waals surface area contributed by atoms with Gasteiger partial charge in [0.1, 0.15) is 0 Å². The van der Waals surface area contributed by atoms with Crippen LogP contribution in [0.2, 0.25) is 0 Å². The molecule has 1 aliphatic rings. The van der Waals surface area contributed by atoms with Gasteiger partial charge in [0.05, 0.1) is 0 Å². The number of hydrogen-bond donors (Lipinski definition) is 1. The third-order valence-corrected chi connectivity index (χ3v) is 2.93. The first-order chi connectivity index (χ1) is 7.00. The van der Waals surface area contributed by atoms with Gasteiger partial charge in [0, 0.05) is 13.6 Å². The standard InChI is InChI=1S/C10H19N3O2/c1-12-5-3-8(4-6-12)7-13(2)10(15)9(11)14/h8H,3-7H2,1-2H3,(H2,11,14). The quantitative estimate of drug-likeness (QED) is 0.615. The number of carbonyl (C=O) groups excluding carboxylic acids is 2. The van der Waals surface area contributed by atoms with E-state index < -0.39 is 11.8 Å². The summed E-state index contributed by atoms with van der Waals surface area (Å²) in [5.74, 6) is -0.964. The summed E-state index contributed by atoms with van der Waals surface area (Å²) in [6.07, 6.45) is 2.15. The van der Waals surface area contributed by atoms with Crippen LogP contribution in [0.4, 0.5) is 0 Å². The Morgan fingerprint density at radius 2 is 1.93 bits per heavy atom. The van der Waals surface area contributed by atoms with Crippen molar-refractivity contribution in [2.45, 2.75) is 12.8 Å². The van der Waals surface area contributed by atoms with E-state index >= 15 is 0 Å². The fourth-order valence-corrected chi connectivity index (χ4v) is 1.90. The maximum Gasteiger partial charge on any atom is 0.311 e. The van der Waals surface area contributed by atoms with Crippen molar-refractivity contribution in [3.8, 4) is 0 Å². The minimum absolute atomic E-state index is 0.495. The average Bonchev–Trinajstić information content (AvgIpc) is 2.20. The summed E-state index contributed by atoms with van der Waals surface area (Å²) in [6, 6.07) is 0. The highest BCUT2D eigenvalue weighted by molar-refractivity contribution is 6.34. The van der Waals surface area contributed by atoms with Crippen LogP contribution in [0, 0.1) is 5.92 Å². The minimum Gasteiger partial charge on any atom is -0.361 e. The zero-order chi connectivity index (χ0) is 11.4. The number of likely N-dealkylation sites (N-methyl/N-ethyl adjacent to an activating group) is 1. The van der Waals surface area contributed by atoms with Crippen LogP contribution in [0.1, 0.15) is 12.8 Å². The Kier molecular flexibility index (Phi) is 4.08. The van der Waals surface area contributed by atoms with Crippen LogP contribution in [0.3, 0.4) is 0 Å². The molecule has 0 bridgehead atoms. The highest BCUT2D eigenvalue weighted by Crippen LogP contribution is 2.16. The third kappa shape index (κ3) is 3.51. The Morgan fingerprint density at radius 1 is 1.40 bits per heavy atom. The fourth-order valence-electron chi connectivity index (χ4n) is 1.90. The molecule has 1 aliphatic heterocycles. The lowest BCUT2D eigenvalue weighted by atomic mass is 9.97. The van der Waals surface area contributed by atoms with Crippen molar-refractivity contribution in [3.63, 3.8) is 0 Å². The summed E-state index contributed by atoms with van der Waals surface area (Å²) < 4.78 is 0. The number of rotatable bonds is 2. The molecule has 0 aliphatic carbocycles. The number of likely N-dealkylation sites (tertiary alicyclic amines) is 1. The summed E-state index contributed by atoms with van der Waals surface area (Å²) >= 11 is 0. The molecule has 0 unspecified atom stereocenters. The molecule has 1 fully saturated rings. The van der Waals surface area contributed by atoms with Crippen molar-refractivity contribution >= 4 is 11.8 Å². The van der Waals surface area contributed by atoms with Crippen molar-refractivity contribution < 1.29 is 9.59 Å².